The zero-order valence-electron chi connectivity index (χ0n) is 48.9. The normalized spacial score (nSPS) is 12.9. The number of esters is 1. The van der Waals surface area contributed by atoms with Crippen LogP contribution in [0.5, 0.6) is 0 Å². The molecule has 0 aliphatic heterocycles. The first-order valence-corrected chi connectivity index (χ1v) is 32.4. The van der Waals surface area contributed by atoms with Crippen LogP contribution >= 0.6 is 0 Å². The molecule has 6 heteroatoms. The number of amides is 1. The molecule has 0 aromatic carbocycles. The Morgan fingerprint density at radius 1 is 0.384 bits per heavy atom. The number of ether oxygens (including phenoxy) is 1. The lowest BCUT2D eigenvalue weighted by atomic mass is 10.0. The van der Waals surface area contributed by atoms with Crippen LogP contribution in [0.25, 0.3) is 0 Å². The van der Waals surface area contributed by atoms with Crippen LogP contribution in [0.2, 0.25) is 0 Å². The van der Waals surface area contributed by atoms with Gasteiger partial charge in [0.2, 0.25) is 5.91 Å². The number of allylic oxidation sites excluding steroid dienone is 7. The number of unbranched alkanes of at least 4 members (excludes halogenated alkanes) is 43. The molecule has 0 spiro atoms. The Morgan fingerprint density at radius 2 is 0.685 bits per heavy atom. The summed E-state index contributed by atoms with van der Waals surface area (Å²) < 4.78 is 5.47. The van der Waals surface area contributed by atoms with E-state index in [0.29, 0.717) is 19.4 Å². The molecule has 0 radical (unpaired) electrons. The summed E-state index contributed by atoms with van der Waals surface area (Å²) in [7, 11) is 0. The van der Waals surface area contributed by atoms with Gasteiger partial charge in [-0.1, -0.05) is 287 Å². The van der Waals surface area contributed by atoms with Crippen molar-refractivity contribution in [2.24, 2.45) is 0 Å². The van der Waals surface area contributed by atoms with E-state index in [4.69, 9.17) is 4.74 Å². The smallest absolute Gasteiger partial charge is 0.305 e. The van der Waals surface area contributed by atoms with Crippen molar-refractivity contribution in [2.45, 2.75) is 353 Å². The molecule has 428 valence electrons. The van der Waals surface area contributed by atoms with Gasteiger partial charge in [0.25, 0.3) is 0 Å². The van der Waals surface area contributed by atoms with Crippen LogP contribution in [0.15, 0.2) is 48.6 Å². The number of carbonyl (C=O) groups excluding carboxylic acids is 2. The highest BCUT2D eigenvalue weighted by molar-refractivity contribution is 5.76. The van der Waals surface area contributed by atoms with Gasteiger partial charge < -0.3 is 20.3 Å². The largest absolute Gasteiger partial charge is 0.466 e. The molecule has 2 unspecified atom stereocenters. The van der Waals surface area contributed by atoms with Crippen molar-refractivity contribution in [2.75, 3.05) is 13.2 Å². The fourth-order valence-corrected chi connectivity index (χ4v) is 9.84. The maximum Gasteiger partial charge on any atom is 0.305 e. The van der Waals surface area contributed by atoms with Gasteiger partial charge in [-0.25, -0.2) is 0 Å². The summed E-state index contributed by atoms with van der Waals surface area (Å²) >= 11 is 0. The summed E-state index contributed by atoms with van der Waals surface area (Å²) in [6.07, 6.45) is 80.1. The second-order valence-electron chi connectivity index (χ2n) is 22.1. The van der Waals surface area contributed by atoms with Crippen LogP contribution < -0.4 is 5.32 Å². The van der Waals surface area contributed by atoms with E-state index >= 15 is 0 Å². The Labute approximate surface area is 455 Å². The van der Waals surface area contributed by atoms with E-state index in [1.54, 1.807) is 6.08 Å². The first kappa shape index (κ1) is 70.8. The number of aliphatic hydroxyl groups excluding tert-OH is 2. The van der Waals surface area contributed by atoms with Crippen molar-refractivity contribution >= 4 is 11.9 Å². The third-order valence-electron chi connectivity index (χ3n) is 14.8. The standard InChI is InChI=1S/C67H125NO5/c1-3-5-7-9-11-13-15-17-19-20-21-22-23-25-28-32-35-39-43-47-51-55-59-65(70)64(63-69)68-66(71)60-56-52-48-44-40-36-33-29-26-24-27-30-34-38-42-46-50-54-58-62-73-67(72)61-57-53-49-45-41-37-31-18-16-14-12-10-8-6-4-2/h12,14,18,24,26,31,55,59,64-65,69-70H,3-11,13,15-17,19-23,25,27-30,32-54,56-58,60-63H2,1-2H3,(H,68,71)/b14-12-,26-24-,31-18-,59-55+. The lowest BCUT2D eigenvalue weighted by molar-refractivity contribution is -0.143. The molecule has 2 atom stereocenters. The average molecular weight is 1020 g/mol. The van der Waals surface area contributed by atoms with Gasteiger partial charge >= 0.3 is 5.97 Å². The molecule has 0 aliphatic carbocycles. The third kappa shape index (κ3) is 58.9. The second kappa shape index (κ2) is 62.4. The van der Waals surface area contributed by atoms with E-state index in [1.807, 2.05) is 6.08 Å². The lowest BCUT2D eigenvalue weighted by Crippen LogP contribution is -2.45. The second-order valence-corrected chi connectivity index (χ2v) is 22.1. The molecule has 0 rings (SSSR count). The topological polar surface area (TPSA) is 95.9 Å². The molecule has 0 aliphatic rings. The van der Waals surface area contributed by atoms with Crippen molar-refractivity contribution in [1.29, 1.82) is 0 Å². The lowest BCUT2D eigenvalue weighted by Gasteiger charge is -2.20. The highest BCUT2D eigenvalue weighted by Gasteiger charge is 2.18. The molecular weight excluding hydrogens is 899 g/mol. The van der Waals surface area contributed by atoms with E-state index < -0.39 is 12.1 Å². The third-order valence-corrected chi connectivity index (χ3v) is 14.8. The summed E-state index contributed by atoms with van der Waals surface area (Å²) in [4.78, 5) is 24.6. The SMILES string of the molecule is CCCCC/C=C\C/C=C\CCCCCCCC(=O)OCCCCCCCCCC/C=C\CCCCCCCCCC(=O)NC(CO)C(O)/C=C/CCCCCCCCCCCCCCCCCCCCCC. The first-order valence-electron chi connectivity index (χ1n) is 32.4. The van der Waals surface area contributed by atoms with E-state index in [-0.39, 0.29) is 18.5 Å². The quantitative estimate of drug-likeness (QED) is 0.0320. The van der Waals surface area contributed by atoms with Crippen LogP contribution in [0, 0.1) is 0 Å². The number of hydrogen-bond donors (Lipinski definition) is 3. The van der Waals surface area contributed by atoms with Gasteiger partial charge in [-0.05, 0) is 89.9 Å². The van der Waals surface area contributed by atoms with Gasteiger partial charge in [0, 0.05) is 12.8 Å². The van der Waals surface area contributed by atoms with E-state index in [1.165, 1.54) is 250 Å². The maximum absolute atomic E-state index is 12.5. The number of aliphatic hydroxyl groups is 2. The maximum atomic E-state index is 12.5. The molecule has 0 saturated heterocycles. The Balaban J connectivity index is 3.48. The minimum atomic E-state index is -0.853. The molecule has 0 saturated carbocycles. The van der Waals surface area contributed by atoms with Gasteiger partial charge in [-0.2, -0.15) is 0 Å². The molecule has 1 amide bonds. The molecule has 3 N–H and O–H groups in total. The van der Waals surface area contributed by atoms with Crippen molar-refractivity contribution in [1.82, 2.24) is 5.32 Å². The minimum absolute atomic E-state index is 0.0108. The predicted molar refractivity (Wildman–Crippen MR) is 319 cm³/mol. The van der Waals surface area contributed by atoms with E-state index in [2.05, 4.69) is 55.6 Å². The summed E-state index contributed by atoms with van der Waals surface area (Å²) in [5, 5.41) is 23.2. The van der Waals surface area contributed by atoms with Gasteiger partial charge in [0.15, 0.2) is 0 Å². The number of nitrogens with one attached hydrogen (secondary N) is 1. The summed E-state index contributed by atoms with van der Waals surface area (Å²) in [6, 6.07) is -0.637. The van der Waals surface area contributed by atoms with Crippen LogP contribution in [0.3, 0.4) is 0 Å². The molecule has 73 heavy (non-hydrogen) atoms. The fraction of sp³-hybridized carbons (Fsp3) is 0.851. The molecule has 0 aromatic rings. The zero-order valence-corrected chi connectivity index (χ0v) is 48.9. The van der Waals surface area contributed by atoms with Gasteiger partial charge in [-0.15, -0.1) is 0 Å². The Morgan fingerprint density at radius 3 is 1.08 bits per heavy atom. The Kier molecular flexibility index (Phi) is 60.5. The fourth-order valence-electron chi connectivity index (χ4n) is 9.84. The average Bonchev–Trinajstić information content (AvgIpc) is 3.39. The summed E-state index contributed by atoms with van der Waals surface area (Å²) in [5.74, 6) is -0.0864. The molecular formula is C67H125NO5. The first-order chi connectivity index (χ1) is 36.0. The van der Waals surface area contributed by atoms with Crippen molar-refractivity contribution in [3.8, 4) is 0 Å². The molecule has 0 bridgehead atoms. The van der Waals surface area contributed by atoms with Gasteiger partial charge in [0.1, 0.15) is 0 Å². The van der Waals surface area contributed by atoms with Crippen LogP contribution in [0.1, 0.15) is 341 Å². The monoisotopic (exact) mass is 1020 g/mol. The zero-order chi connectivity index (χ0) is 52.9. The Hall–Kier alpha value is -2.18. The summed E-state index contributed by atoms with van der Waals surface area (Å²) in [5.41, 5.74) is 0. The molecule has 0 heterocycles. The van der Waals surface area contributed by atoms with Gasteiger partial charge in [-0.3, -0.25) is 9.59 Å². The number of carbonyl (C=O) groups is 2. The molecule has 0 aromatic heterocycles. The van der Waals surface area contributed by atoms with Crippen LogP contribution in [0.4, 0.5) is 0 Å². The highest BCUT2D eigenvalue weighted by Crippen LogP contribution is 2.17. The summed E-state index contributed by atoms with van der Waals surface area (Å²) in [6.45, 7) is 4.88. The predicted octanol–water partition coefficient (Wildman–Crippen LogP) is 20.5. The van der Waals surface area contributed by atoms with Crippen LogP contribution in [-0.2, 0) is 14.3 Å². The highest BCUT2D eigenvalue weighted by atomic mass is 16.5. The minimum Gasteiger partial charge on any atom is -0.466 e. The number of rotatable bonds is 60. The number of hydrogen-bond acceptors (Lipinski definition) is 5. The van der Waals surface area contributed by atoms with Crippen molar-refractivity contribution in [3.05, 3.63) is 48.6 Å². The molecule has 6 nitrogen and oxygen atoms in total. The molecule has 0 fully saturated rings. The van der Waals surface area contributed by atoms with Gasteiger partial charge in [0.05, 0.1) is 25.4 Å². The van der Waals surface area contributed by atoms with Crippen molar-refractivity contribution in [3.63, 3.8) is 0 Å². The van der Waals surface area contributed by atoms with E-state index in [9.17, 15) is 19.8 Å². The van der Waals surface area contributed by atoms with E-state index in [0.717, 1.165) is 64.2 Å². The van der Waals surface area contributed by atoms with Crippen LogP contribution in [-0.4, -0.2) is 47.4 Å². The van der Waals surface area contributed by atoms with Crippen molar-refractivity contribution < 1.29 is 24.5 Å². The Bertz CT molecular complexity index is 1230.